The van der Waals surface area contributed by atoms with Crippen molar-refractivity contribution in [2.24, 2.45) is 11.3 Å². The van der Waals surface area contributed by atoms with Crippen LogP contribution in [0.4, 0.5) is 4.79 Å². The number of rotatable bonds is 4. The molecule has 0 radical (unpaired) electrons. The Morgan fingerprint density at radius 3 is 2.69 bits per heavy atom. The summed E-state index contributed by atoms with van der Waals surface area (Å²) in [5.41, 5.74) is 0.751. The van der Waals surface area contributed by atoms with Gasteiger partial charge in [0, 0.05) is 5.39 Å². The Hall–Kier alpha value is -2.83. The first-order valence-corrected chi connectivity index (χ1v) is 8.56. The molecule has 1 aromatic carbocycles. The van der Waals surface area contributed by atoms with E-state index in [-0.39, 0.29) is 16.9 Å². The molecule has 0 fully saturated rings. The molecule has 0 aliphatic carbocycles. The average molecular weight is 357 g/mol. The van der Waals surface area contributed by atoms with E-state index in [1.54, 1.807) is 6.07 Å². The van der Waals surface area contributed by atoms with E-state index < -0.39 is 17.7 Å². The SMILES string of the molecule is C[C@H](CC(C)(C)C)C(NC(=O)O)c1nc2c(oc3ccccc32)c(=O)[nH]1. The van der Waals surface area contributed by atoms with Crippen LogP contribution in [0.3, 0.4) is 0 Å². The fourth-order valence-corrected chi connectivity index (χ4v) is 3.46. The van der Waals surface area contributed by atoms with E-state index in [4.69, 9.17) is 4.42 Å². The topological polar surface area (TPSA) is 108 Å². The Labute approximate surface area is 150 Å². The van der Waals surface area contributed by atoms with E-state index >= 15 is 0 Å². The number of carbonyl (C=O) groups is 1. The molecule has 0 aliphatic heterocycles. The van der Waals surface area contributed by atoms with E-state index in [2.05, 4.69) is 36.1 Å². The number of amides is 1. The quantitative estimate of drug-likeness (QED) is 0.653. The predicted molar refractivity (Wildman–Crippen MR) is 99.3 cm³/mol. The number of carboxylic acid groups (broad SMARTS) is 1. The molecule has 2 atom stereocenters. The second-order valence-corrected chi connectivity index (χ2v) is 7.90. The molecule has 1 unspecified atom stereocenters. The molecular weight excluding hydrogens is 334 g/mol. The highest BCUT2D eigenvalue weighted by atomic mass is 16.4. The van der Waals surface area contributed by atoms with Gasteiger partial charge >= 0.3 is 6.09 Å². The smallest absolute Gasteiger partial charge is 0.405 e. The van der Waals surface area contributed by atoms with Crippen LogP contribution in [0, 0.1) is 11.3 Å². The summed E-state index contributed by atoms with van der Waals surface area (Å²) in [5.74, 6) is 0.234. The number of hydrogen-bond donors (Lipinski definition) is 3. The second-order valence-electron chi connectivity index (χ2n) is 7.90. The summed E-state index contributed by atoms with van der Waals surface area (Å²) in [4.78, 5) is 31.1. The Morgan fingerprint density at radius 1 is 1.35 bits per heavy atom. The van der Waals surface area contributed by atoms with Gasteiger partial charge in [0.25, 0.3) is 5.56 Å². The molecular formula is C19H23N3O4. The highest BCUT2D eigenvalue weighted by Crippen LogP contribution is 2.32. The fraction of sp³-hybridized carbons (Fsp3) is 0.421. The first-order valence-electron chi connectivity index (χ1n) is 8.56. The van der Waals surface area contributed by atoms with Crippen LogP contribution in [0.5, 0.6) is 0 Å². The van der Waals surface area contributed by atoms with E-state index in [1.807, 2.05) is 25.1 Å². The number of fused-ring (bicyclic) bond motifs is 3. The average Bonchev–Trinajstić information content (AvgIpc) is 2.90. The number of aromatic nitrogens is 2. The van der Waals surface area contributed by atoms with E-state index in [0.717, 1.165) is 11.8 Å². The molecule has 0 saturated carbocycles. The zero-order valence-electron chi connectivity index (χ0n) is 15.3. The number of furan rings is 1. The highest BCUT2D eigenvalue weighted by molar-refractivity contribution is 6.01. The lowest BCUT2D eigenvalue weighted by atomic mass is 9.82. The maximum Gasteiger partial charge on any atom is 0.405 e. The molecule has 0 spiro atoms. The van der Waals surface area contributed by atoms with Crippen LogP contribution in [0.2, 0.25) is 0 Å². The molecule has 0 aliphatic rings. The molecule has 7 nitrogen and oxygen atoms in total. The van der Waals surface area contributed by atoms with Gasteiger partial charge in [0.2, 0.25) is 5.58 Å². The Bertz CT molecular complexity index is 1010. The lowest BCUT2D eigenvalue weighted by molar-refractivity contribution is 0.177. The van der Waals surface area contributed by atoms with Crippen LogP contribution >= 0.6 is 0 Å². The lowest BCUT2D eigenvalue weighted by Gasteiger charge is -2.29. The summed E-state index contributed by atoms with van der Waals surface area (Å²) in [6.45, 7) is 8.21. The lowest BCUT2D eigenvalue weighted by Crippen LogP contribution is -2.35. The van der Waals surface area contributed by atoms with Crippen molar-refractivity contribution in [3.63, 3.8) is 0 Å². The van der Waals surface area contributed by atoms with E-state index in [0.29, 0.717) is 16.9 Å². The van der Waals surface area contributed by atoms with Gasteiger partial charge in [-0.2, -0.15) is 0 Å². The summed E-state index contributed by atoms with van der Waals surface area (Å²) >= 11 is 0. The Morgan fingerprint density at radius 2 is 2.04 bits per heavy atom. The molecule has 2 aromatic heterocycles. The zero-order valence-corrected chi connectivity index (χ0v) is 15.3. The first-order chi connectivity index (χ1) is 12.2. The number of H-pyrrole nitrogens is 1. The summed E-state index contributed by atoms with van der Waals surface area (Å²) < 4.78 is 5.60. The van der Waals surface area contributed by atoms with Crippen LogP contribution < -0.4 is 10.9 Å². The van der Waals surface area contributed by atoms with Crippen LogP contribution in [0.15, 0.2) is 33.5 Å². The molecule has 0 bridgehead atoms. The third-order valence-corrected chi connectivity index (χ3v) is 4.33. The number of nitrogens with one attached hydrogen (secondary N) is 2. The van der Waals surface area contributed by atoms with Gasteiger partial charge in [0.15, 0.2) is 0 Å². The molecule has 1 amide bonds. The van der Waals surface area contributed by atoms with E-state index in [1.165, 1.54) is 0 Å². The normalized spacial score (nSPS) is 14.5. The first kappa shape index (κ1) is 18.0. The van der Waals surface area contributed by atoms with Crippen molar-refractivity contribution >= 4 is 28.2 Å². The van der Waals surface area contributed by atoms with Gasteiger partial charge in [-0.3, -0.25) is 4.79 Å². The van der Waals surface area contributed by atoms with Crippen molar-refractivity contribution in [3.05, 3.63) is 40.4 Å². The van der Waals surface area contributed by atoms with Crippen molar-refractivity contribution in [2.75, 3.05) is 0 Å². The zero-order chi connectivity index (χ0) is 19.1. The van der Waals surface area contributed by atoms with Gasteiger partial charge in [0.1, 0.15) is 16.9 Å². The third kappa shape index (κ3) is 3.56. The van der Waals surface area contributed by atoms with Crippen LogP contribution in [-0.4, -0.2) is 21.2 Å². The monoisotopic (exact) mass is 357 g/mol. The van der Waals surface area contributed by atoms with Gasteiger partial charge in [-0.1, -0.05) is 39.8 Å². The van der Waals surface area contributed by atoms with Crippen molar-refractivity contribution in [2.45, 2.75) is 40.2 Å². The van der Waals surface area contributed by atoms with Crippen LogP contribution in [-0.2, 0) is 0 Å². The maximum atomic E-state index is 12.5. The predicted octanol–water partition coefficient (Wildman–Crippen LogP) is 4.05. The molecule has 0 saturated heterocycles. The molecule has 7 heteroatoms. The van der Waals surface area contributed by atoms with Gasteiger partial charge in [-0.25, -0.2) is 9.78 Å². The fourth-order valence-electron chi connectivity index (χ4n) is 3.46. The number of benzene rings is 1. The minimum atomic E-state index is -1.16. The van der Waals surface area contributed by atoms with E-state index in [9.17, 15) is 14.7 Å². The molecule has 2 heterocycles. The largest absolute Gasteiger partial charge is 0.465 e. The van der Waals surface area contributed by atoms with Crippen LogP contribution in [0.1, 0.15) is 46.0 Å². The van der Waals surface area contributed by atoms with Crippen molar-refractivity contribution in [1.82, 2.24) is 15.3 Å². The summed E-state index contributed by atoms with van der Waals surface area (Å²) in [6, 6.07) is 6.63. The Kier molecular flexibility index (Phi) is 4.48. The number of nitrogens with zero attached hydrogens (tertiary/aromatic N) is 1. The molecule has 26 heavy (non-hydrogen) atoms. The van der Waals surface area contributed by atoms with Gasteiger partial charge in [-0.05, 0) is 29.9 Å². The number of para-hydroxylation sites is 1. The standard InChI is InChI=1S/C19H23N3O4/c1-10(9-19(2,3)4)13(21-18(24)25)16-20-14-11-7-5-6-8-12(11)26-15(14)17(23)22-16/h5-8,10,13,21H,9H2,1-4H3,(H,24,25)(H,20,22,23)/t10-,13?/m1/s1. The third-order valence-electron chi connectivity index (χ3n) is 4.33. The van der Waals surface area contributed by atoms with Gasteiger partial charge in [0.05, 0.1) is 6.04 Å². The number of hydrogen-bond acceptors (Lipinski definition) is 4. The summed E-state index contributed by atoms with van der Waals surface area (Å²) in [5, 5.41) is 12.5. The number of aromatic amines is 1. The van der Waals surface area contributed by atoms with Crippen LogP contribution in [0.25, 0.3) is 22.1 Å². The summed E-state index contributed by atoms with van der Waals surface area (Å²) in [7, 11) is 0. The van der Waals surface area contributed by atoms with Crippen molar-refractivity contribution in [1.29, 1.82) is 0 Å². The van der Waals surface area contributed by atoms with Gasteiger partial charge < -0.3 is 19.8 Å². The molecule has 3 aromatic rings. The second kappa shape index (κ2) is 6.48. The molecule has 3 rings (SSSR count). The maximum absolute atomic E-state index is 12.5. The highest BCUT2D eigenvalue weighted by Gasteiger charge is 2.28. The van der Waals surface area contributed by atoms with Crippen molar-refractivity contribution in [3.8, 4) is 0 Å². The Balaban J connectivity index is 2.14. The molecule has 3 N–H and O–H groups in total. The van der Waals surface area contributed by atoms with Gasteiger partial charge in [-0.15, -0.1) is 0 Å². The summed E-state index contributed by atoms with van der Waals surface area (Å²) in [6.07, 6.45) is -0.401. The molecule has 138 valence electrons. The minimum Gasteiger partial charge on any atom is -0.465 e. The minimum absolute atomic E-state index is 0.00455. The van der Waals surface area contributed by atoms with Crippen molar-refractivity contribution < 1.29 is 14.3 Å².